The lowest BCUT2D eigenvalue weighted by molar-refractivity contribution is 0.0916. The first kappa shape index (κ1) is 16.4. The number of amides is 1. The van der Waals surface area contributed by atoms with Gasteiger partial charge in [0, 0.05) is 24.2 Å². The Morgan fingerprint density at radius 1 is 1.14 bits per heavy atom. The van der Waals surface area contributed by atoms with Gasteiger partial charge in [0.15, 0.2) is 11.5 Å². The molecule has 22 heavy (non-hydrogen) atoms. The van der Waals surface area contributed by atoms with E-state index in [9.17, 15) is 4.79 Å². The van der Waals surface area contributed by atoms with Crippen LogP contribution in [0.15, 0.2) is 12.1 Å². The number of piperidine rings is 1. The molecule has 122 valence electrons. The Balaban J connectivity index is 2.24. The third-order valence-electron chi connectivity index (χ3n) is 4.03. The van der Waals surface area contributed by atoms with Crippen molar-refractivity contribution in [2.45, 2.75) is 31.8 Å². The molecule has 1 saturated heterocycles. The first-order chi connectivity index (χ1) is 10.6. The summed E-state index contributed by atoms with van der Waals surface area (Å²) in [5.74, 6) is 1.33. The van der Waals surface area contributed by atoms with Crippen molar-refractivity contribution in [3.8, 4) is 17.2 Å². The summed E-state index contributed by atoms with van der Waals surface area (Å²) >= 11 is 0. The van der Waals surface area contributed by atoms with E-state index < -0.39 is 0 Å². The molecule has 0 bridgehead atoms. The van der Waals surface area contributed by atoms with Crippen LogP contribution in [0.4, 0.5) is 0 Å². The lowest BCUT2D eigenvalue weighted by atomic mass is 9.99. The second-order valence-corrected chi connectivity index (χ2v) is 5.37. The van der Waals surface area contributed by atoms with Crippen LogP contribution in [-0.2, 0) is 0 Å². The van der Waals surface area contributed by atoms with Crippen LogP contribution in [0.3, 0.4) is 0 Å². The SMILES string of the molecule is COc1cc(OC)c(C(=O)NC2CCCNC2C)cc1OC. The van der Waals surface area contributed by atoms with Crippen LogP contribution >= 0.6 is 0 Å². The lowest BCUT2D eigenvalue weighted by Crippen LogP contribution is -2.51. The minimum Gasteiger partial charge on any atom is -0.496 e. The zero-order valence-electron chi connectivity index (χ0n) is 13.6. The van der Waals surface area contributed by atoms with Crippen LogP contribution in [0.5, 0.6) is 17.2 Å². The van der Waals surface area contributed by atoms with Gasteiger partial charge >= 0.3 is 0 Å². The number of rotatable bonds is 5. The van der Waals surface area contributed by atoms with Crippen LogP contribution in [0.1, 0.15) is 30.1 Å². The molecule has 1 aliphatic heterocycles. The minimum atomic E-state index is -0.168. The van der Waals surface area contributed by atoms with Gasteiger partial charge in [-0.3, -0.25) is 4.79 Å². The van der Waals surface area contributed by atoms with Crippen molar-refractivity contribution in [3.63, 3.8) is 0 Å². The van der Waals surface area contributed by atoms with Crippen LogP contribution in [0.2, 0.25) is 0 Å². The highest BCUT2D eigenvalue weighted by Crippen LogP contribution is 2.34. The van der Waals surface area contributed by atoms with Gasteiger partial charge in [0.05, 0.1) is 26.9 Å². The molecule has 1 aromatic carbocycles. The van der Waals surface area contributed by atoms with E-state index in [1.807, 2.05) is 0 Å². The molecule has 0 radical (unpaired) electrons. The smallest absolute Gasteiger partial charge is 0.255 e. The molecular weight excluding hydrogens is 284 g/mol. The Morgan fingerprint density at radius 2 is 1.77 bits per heavy atom. The Kier molecular flexibility index (Phi) is 5.49. The number of hydrogen-bond acceptors (Lipinski definition) is 5. The number of nitrogens with one attached hydrogen (secondary N) is 2. The highest BCUT2D eigenvalue weighted by molar-refractivity contribution is 5.98. The summed E-state index contributed by atoms with van der Waals surface area (Å²) in [5, 5.41) is 6.44. The Bertz CT molecular complexity index is 533. The van der Waals surface area contributed by atoms with Gasteiger partial charge in [-0.15, -0.1) is 0 Å². The topological polar surface area (TPSA) is 68.8 Å². The van der Waals surface area contributed by atoms with E-state index in [1.54, 1.807) is 26.4 Å². The van der Waals surface area contributed by atoms with Gasteiger partial charge in [-0.1, -0.05) is 0 Å². The summed E-state index contributed by atoms with van der Waals surface area (Å²) in [6.45, 7) is 3.07. The quantitative estimate of drug-likeness (QED) is 0.864. The fourth-order valence-corrected chi connectivity index (χ4v) is 2.69. The number of hydrogen-bond donors (Lipinski definition) is 2. The van der Waals surface area contributed by atoms with Gasteiger partial charge in [-0.05, 0) is 26.3 Å². The average Bonchev–Trinajstić information content (AvgIpc) is 2.55. The van der Waals surface area contributed by atoms with Crippen molar-refractivity contribution in [2.75, 3.05) is 27.9 Å². The van der Waals surface area contributed by atoms with Crippen LogP contribution in [0, 0.1) is 0 Å². The van der Waals surface area contributed by atoms with Gasteiger partial charge in [-0.2, -0.15) is 0 Å². The molecule has 6 nitrogen and oxygen atoms in total. The first-order valence-electron chi connectivity index (χ1n) is 7.45. The van der Waals surface area contributed by atoms with Crippen molar-refractivity contribution in [3.05, 3.63) is 17.7 Å². The van der Waals surface area contributed by atoms with Gasteiger partial charge in [0.2, 0.25) is 0 Å². The van der Waals surface area contributed by atoms with Crippen molar-refractivity contribution >= 4 is 5.91 Å². The Labute approximate surface area is 131 Å². The summed E-state index contributed by atoms with van der Waals surface area (Å²) in [4.78, 5) is 12.6. The van der Waals surface area contributed by atoms with E-state index in [1.165, 1.54) is 7.11 Å². The van der Waals surface area contributed by atoms with E-state index >= 15 is 0 Å². The fourth-order valence-electron chi connectivity index (χ4n) is 2.69. The summed E-state index contributed by atoms with van der Waals surface area (Å²) in [6, 6.07) is 3.67. The maximum absolute atomic E-state index is 12.6. The Hall–Kier alpha value is -1.95. The third kappa shape index (κ3) is 3.44. The normalized spacial score (nSPS) is 21.1. The van der Waals surface area contributed by atoms with Crippen LogP contribution in [0.25, 0.3) is 0 Å². The maximum Gasteiger partial charge on any atom is 0.255 e. The molecule has 6 heteroatoms. The zero-order valence-corrected chi connectivity index (χ0v) is 13.6. The lowest BCUT2D eigenvalue weighted by Gasteiger charge is -2.30. The van der Waals surface area contributed by atoms with Crippen molar-refractivity contribution in [1.29, 1.82) is 0 Å². The highest BCUT2D eigenvalue weighted by Gasteiger charge is 2.25. The van der Waals surface area contributed by atoms with E-state index in [4.69, 9.17) is 14.2 Å². The van der Waals surface area contributed by atoms with E-state index in [0.29, 0.717) is 22.8 Å². The largest absolute Gasteiger partial charge is 0.496 e. The van der Waals surface area contributed by atoms with E-state index in [2.05, 4.69) is 17.6 Å². The average molecular weight is 308 g/mol. The molecule has 0 aromatic heterocycles. The fraction of sp³-hybridized carbons (Fsp3) is 0.562. The van der Waals surface area contributed by atoms with Gasteiger partial charge in [-0.25, -0.2) is 0 Å². The second-order valence-electron chi connectivity index (χ2n) is 5.37. The standard InChI is InChI=1S/C16H24N2O4/c1-10-12(6-5-7-17-10)18-16(19)11-8-14(21-3)15(22-4)9-13(11)20-2/h8-10,12,17H,5-7H2,1-4H3,(H,18,19). The molecule has 1 aliphatic rings. The minimum absolute atomic E-state index is 0.110. The summed E-state index contributed by atoms with van der Waals surface area (Å²) in [5.41, 5.74) is 0.443. The number of ether oxygens (including phenoxy) is 3. The molecule has 1 aromatic rings. The molecule has 0 saturated carbocycles. The predicted molar refractivity (Wildman–Crippen MR) is 84.1 cm³/mol. The maximum atomic E-state index is 12.6. The van der Waals surface area contributed by atoms with E-state index in [0.717, 1.165) is 19.4 Å². The Morgan fingerprint density at radius 3 is 2.36 bits per heavy atom. The number of carbonyl (C=O) groups is 1. The molecular formula is C16H24N2O4. The number of benzene rings is 1. The van der Waals surface area contributed by atoms with Crippen LogP contribution < -0.4 is 24.8 Å². The second kappa shape index (κ2) is 7.35. The molecule has 1 amide bonds. The van der Waals surface area contributed by atoms with Gasteiger partial charge in [0.25, 0.3) is 5.91 Å². The first-order valence-corrected chi connectivity index (χ1v) is 7.45. The van der Waals surface area contributed by atoms with Gasteiger partial charge < -0.3 is 24.8 Å². The number of carbonyl (C=O) groups excluding carboxylic acids is 1. The molecule has 1 heterocycles. The highest BCUT2D eigenvalue weighted by atomic mass is 16.5. The molecule has 2 rings (SSSR count). The molecule has 0 aliphatic carbocycles. The van der Waals surface area contributed by atoms with Crippen molar-refractivity contribution in [2.24, 2.45) is 0 Å². The third-order valence-corrected chi connectivity index (χ3v) is 4.03. The molecule has 2 unspecified atom stereocenters. The molecule has 2 atom stereocenters. The zero-order chi connectivity index (χ0) is 16.1. The summed E-state index contributed by atoms with van der Waals surface area (Å²) in [7, 11) is 4.62. The summed E-state index contributed by atoms with van der Waals surface area (Å²) < 4.78 is 15.8. The number of methoxy groups -OCH3 is 3. The van der Waals surface area contributed by atoms with Crippen molar-refractivity contribution < 1.29 is 19.0 Å². The van der Waals surface area contributed by atoms with Gasteiger partial charge in [0.1, 0.15) is 5.75 Å². The van der Waals surface area contributed by atoms with Crippen LogP contribution in [-0.4, -0.2) is 45.9 Å². The molecule has 1 fully saturated rings. The van der Waals surface area contributed by atoms with Crippen molar-refractivity contribution in [1.82, 2.24) is 10.6 Å². The molecule has 0 spiro atoms. The monoisotopic (exact) mass is 308 g/mol. The summed E-state index contributed by atoms with van der Waals surface area (Å²) in [6.07, 6.45) is 2.02. The van der Waals surface area contributed by atoms with E-state index in [-0.39, 0.29) is 18.0 Å². The molecule has 2 N–H and O–H groups in total. The predicted octanol–water partition coefficient (Wildman–Crippen LogP) is 1.58.